The van der Waals surface area contributed by atoms with Crippen molar-refractivity contribution in [3.8, 4) is 5.75 Å². The Hall–Kier alpha value is -2.86. The van der Waals surface area contributed by atoms with Crippen LogP contribution in [-0.4, -0.2) is 35.2 Å². The summed E-state index contributed by atoms with van der Waals surface area (Å²) in [6, 6.07) is 22.5. The van der Waals surface area contributed by atoms with Gasteiger partial charge >= 0.3 is 0 Å². The number of carbonyl (C=O) groups is 1. The van der Waals surface area contributed by atoms with Gasteiger partial charge in [0.1, 0.15) is 5.75 Å². The molecule has 2 aliphatic rings. The van der Waals surface area contributed by atoms with Gasteiger partial charge in [-0.2, -0.15) is 0 Å². The maximum absolute atomic E-state index is 13.7. The van der Waals surface area contributed by atoms with Gasteiger partial charge in [0.25, 0.3) is 5.91 Å². The summed E-state index contributed by atoms with van der Waals surface area (Å²) in [7, 11) is 1.62. The van der Waals surface area contributed by atoms with Crippen molar-refractivity contribution in [1.82, 2.24) is 4.90 Å². The van der Waals surface area contributed by atoms with Gasteiger partial charge in [-0.15, -0.1) is 0 Å². The SMILES string of the molecule is COc1ccc(CN2C(=O)c3ccccc3C2(OCC2(O)CC2)c2ccc(Cl)cc2)cc1. The molecule has 0 radical (unpaired) electrons. The zero-order valence-corrected chi connectivity index (χ0v) is 18.5. The summed E-state index contributed by atoms with van der Waals surface area (Å²) < 4.78 is 11.8. The van der Waals surface area contributed by atoms with Crippen molar-refractivity contribution < 1.29 is 19.4 Å². The Bertz CT molecular complexity index is 1140. The Kier molecular flexibility index (Phi) is 5.20. The quantitative estimate of drug-likeness (QED) is 0.565. The van der Waals surface area contributed by atoms with E-state index in [4.69, 9.17) is 21.1 Å². The fraction of sp³-hybridized carbons (Fsp3) is 0.269. The van der Waals surface area contributed by atoms with E-state index in [0.29, 0.717) is 30.0 Å². The topological polar surface area (TPSA) is 59.0 Å². The first-order valence-corrected chi connectivity index (χ1v) is 11.0. The first kappa shape index (κ1) is 21.0. The summed E-state index contributed by atoms with van der Waals surface area (Å²) in [5.74, 6) is 0.634. The average molecular weight is 450 g/mol. The van der Waals surface area contributed by atoms with Crippen molar-refractivity contribution in [1.29, 1.82) is 0 Å². The number of fused-ring (bicyclic) bond motifs is 1. The zero-order chi connectivity index (χ0) is 22.3. The number of hydrogen-bond acceptors (Lipinski definition) is 4. The predicted octanol–water partition coefficient (Wildman–Crippen LogP) is 4.75. The number of benzene rings is 3. The molecular weight excluding hydrogens is 426 g/mol. The Morgan fingerprint density at radius 3 is 2.34 bits per heavy atom. The molecule has 1 fully saturated rings. The van der Waals surface area contributed by atoms with Crippen LogP contribution in [0.15, 0.2) is 72.8 Å². The standard InChI is InChI=1S/C26H24ClNO4/c1-31-21-12-6-18(7-13-21)16-28-24(29)22-4-2-3-5-23(22)26(28,32-17-25(30)14-15-25)19-8-10-20(27)11-9-19/h2-13,30H,14-17H2,1H3. The van der Waals surface area contributed by atoms with Gasteiger partial charge in [0, 0.05) is 28.3 Å². The molecule has 1 atom stereocenters. The number of carbonyl (C=O) groups excluding carboxylic acids is 1. The monoisotopic (exact) mass is 449 g/mol. The number of ether oxygens (including phenoxy) is 2. The number of methoxy groups -OCH3 is 1. The third-order valence-corrected chi connectivity index (χ3v) is 6.51. The molecule has 5 rings (SSSR count). The Balaban J connectivity index is 1.64. The highest BCUT2D eigenvalue weighted by atomic mass is 35.5. The summed E-state index contributed by atoms with van der Waals surface area (Å²) in [6.45, 7) is 0.467. The minimum atomic E-state index is -1.17. The van der Waals surface area contributed by atoms with Crippen LogP contribution < -0.4 is 4.74 Å². The van der Waals surface area contributed by atoms with Crippen LogP contribution >= 0.6 is 11.6 Å². The van der Waals surface area contributed by atoms with Gasteiger partial charge in [0.05, 0.1) is 19.3 Å². The summed E-state index contributed by atoms with van der Waals surface area (Å²) in [4.78, 5) is 15.4. The summed E-state index contributed by atoms with van der Waals surface area (Å²) in [5, 5.41) is 11.2. The lowest BCUT2D eigenvalue weighted by Crippen LogP contribution is -2.47. The van der Waals surface area contributed by atoms with Crippen LogP contribution in [0.5, 0.6) is 5.75 Å². The van der Waals surface area contributed by atoms with E-state index < -0.39 is 11.3 Å². The molecule has 32 heavy (non-hydrogen) atoms. The highest BCUT2D eigenvalue weighted by molar-refractivity contribution is 6.30. The molecule has 3 aromatic rings. The second-order valence-electron chi connectivity index (χ2n) is 8.45. The minimum Gasteiger partial charge on any atom is -0.497 e. The molecule has 1 amide bonds. The highest BCUT2D eigenvalue weighted by Crippen LogP contribution is 2.48. The molecule has 164 valence electrons. The molecule has 1 saturated carbocycles. The third-order valence-electron chi connectivity index (χ3n) is 6.26. The van der Waals surface area contributed by atoms with Gasteiger partial charge in [-0.05, 0) is 48.7 Å². The van der Waals surface area contributed by atoms with Gasteiger partial charge < -0.3 is 14.6 Å². The van der Waals surface area contributed by atoms with Crippen LogP contribution in [0.2, 0.25) is 5.02 Å². The van der Waals surface area contributed by atoms with Gasteiger partial charge in [-0.3, -0.25) is 9.69 Å². The van der Waals surface area contributed by atoms with Gasteiger partial charge in [-0.25, -0.2) is 0 Å². The van der Waals surface area contributed by atoms with Gasteiger partial charge in [-0.1, -0.05) is 54.1 Å². The second-order valence-corrected chi connectivity index (χ2v) is 8.89. The van der Waals surface area contributed by atoms with Crippen molar-refractivity contribution in [2.75, 3.05) is 13.7 Å². The van der Waals surface area contributed by atoms with Crippen LogP contribution in [0.3, 0.4) is 0 Å². The van der Waals surface area contributed by atoms with E-state index in [9.17, 15) is 9.90 Å². The van der Waals surface area contributed by atoms with E-state index in [1.165, 1.54) is 0 Å². The van der Waals surface area contributed by atoms with Crippen molar-refractivity contribution in [3.63, 3.8) is 0 Å². The lowest BCUT2D eigenvalue weighted by molar-refractivity contribution is -0.137. The summed E-state index contributed by atoms with van der Waals surface area (Å²) >= 11 is 6.17. The molecule has 1 aliphatic carbocycles. The van der Waals surface area contributed by atoms with E-state index >= 15 is 0 Å². The van der Waals surface area contributed by atoms with E-state index in [2.05, 4.69) is 0 Å². The van der Waals surface area contributed by atoms with Crippen molar-refractivity contribution >= 4 is 17.5 Å². The smallest absolute Gasteiger partial charge is 0.257 e. The number of nitrogens with zero attached hydrogens (tertiary/aromatic N) is 1. The van der Waals surface area contributed by atoms with Gasteiger partial charge in [0.2, 0.25) is 0 Å². The predicted molar refractivity (Wildman–Crippen MR) is 122 cm³/mol. The van der Waals surface area contributed by atoms with E-state index in [1.54, 1.807) is 24.1 Å². The third kappa shape index (κ3) is 3.56. The maximum atomic E-state index is 13.7. The fourth-order valence-corrected chi connectivity index (χ4v) is 4.38. The van der Waals surface area contributed by atoms with E-state index in [1.807, 2.05) is 60.7 Å². The molecule has 0 aromatic heterocycles. The molecular formula is C26H24ClNO4. The Labute approximate surface area is 192 Å². The summed E-state index contributed by atoms with van der Waals surface area (Å²) in [5.41, 5.74) is 1.09. The molecule has 0 bridgehead atoms. The molecule has 1 unspecified atom stereocenters. The molecule has 1 heterocycles. The van der Waals surface area contributed by atoms with Crippen molar-refractivity contribution in [2.24, 2.45) is 0 Å². The number of rotatable bonds is 7. The molecule has 5 nitrogen and oxygen atoms in total. The normalized spacial score (nSPS) is 20.8. The molecule has 1 aliphatic heterocycles. The summed E-state index contributed by atoms with van der Waals surface area (Å²) in [6.07, 6.45) is 1.38. The molecule has 0 spiro atoms. The lowest BCUT2D eigenvalue weighted by atomic mass is 9.93. The first-order valence-electron chi connectivity index (χ1n) is 10.6. The van der Waals surface area contributed by atoms with Crippen LogP contribution in [0.4, 0.5) is 0 Å². The van der Waals surface area contributed by atoms with E-state index in [-0.39, 0.29) is 12.5 Å². The average Bonchev–Trinajstić information content (AvgIpc) is 3.51. The lowest BCUT2D eigenvalue weighted by Gasteiger charge is -2.40. The Morgan fingerprint density at radius 1 is 1.00 bits per heavy atom. The fourth-order valence-electron chi connectivity index (χ4n) is 4.25. The van der Waals surface area contributed by atoms with Crippen molar-refractivity contribution in [3.05, 3.63) is 100 Å². The number of aliphatic hydroxyl groups is 1. The van der Waals surface area contributed by atoms with Crippen LogP contribution in [0.25, 0.3) is 0 Å². The molecule has 3 aromatic carbocycles. The highest BCUT2D eigenvalue weighted by Gasteiger charge is 2.54. The molecule has 1 N–H and O–H groups in total. The van der Waals surface area contributed by atoms with Gasteiger partial charge in [0.15, 0.2) is 5.72 Å². The second kappa shape index (κ2) is 7.93. The largest absolute Gasteiger partial charge is 0.497 e. The van der Waals surface area contributed by atoms with Crippen LogP contribution in [0, 0.1) is 0 Å². The van der Waals surface area contributed by atoms with E-state index in [0.717, 1.165) is 22.4 Å². The maximum Gasteiger partial charge on any atom is 0.257 e. The molecule has 0 saturated heterocycles. The van der Waals surface area contributed by atoms with Crippen LogP contribution in [-0.2, 0) is 17.0 Å². The number of amides is 1. The van der Waals surface area contributed by atoms with Crippen molar-refractivity contribution in [2.45, 2.75) is 30.7 Å². The number of halogens is 1. The first-order chi connectivity index (χ1) is 15.4. The van der Waals surface area contributed by atoms with Crippen LogP contribution in [0.1, 0.15) is 39.9 Å². The number of hydrogen-bond donors (Lipinski definition) is 1. The zero-order valence-electron chi connectivity index (χ0n) is 17.8. The molecule has 6 heteroatoms. The Morgan fingerprint density at radius 2 is 1.69 bits per heavy atom. The minimum absolute atomic E-state index is 0.117.